The maximum atomic E-state index is 9.07. The van der Waals surface area contributed by atoms with E-state index in [0.717, 1.165) is 5.69 Å². The minimum atomic E-state index is 0.462. The summed E-state index contributed by atoms with van der Waals surface area (Å²) < 4.78 is 5.14. The summed E-state index contributed by atoms with van der Waals surface area (Å²) in [6.07, 6.45) is 0. The van der Waals surface area contributed by atoms with Crippen LogP contribution in [0.1, 0.15) is 11.3 Å². The van der Waals surface area contributed by atoms with Crippen LogP contribution < -0.4 is 10.1 Å². The number of aryl methyl sites for hydroxylation is 1. The summed E-state index contributed by atoms with van der Waals surface area (Å²) in [5.41, 5.74) is 1.93. The molecule has 2 rings (SSSR count). The molecule has 19 heavy (non-hydrogen) atoms. The molecular formula is C14H12ClN3O. The molecule has 4 nitrogen and oxygen atoms in total. The summed E-state index contributed by atoms with van der Waals surface area (Å²) in [6, 6.07) is 10.9. The third-order valence-electron chi connectivity index (χ3n) is 2.58. The first-order chi connectivity index (χ1) is 9.13. The van der Waals surface area contributed by atoms with Crippen molar-refractivity contribution >= 4 is 23.1 Å². The Hall–Kier alpha value is -2.25. The van der Waals surface area contributed by atoms with Gasteiger partial charge in [-0.2, -0.15) is 5.26 Å². The van der Waals surface area contributed by atoms with Crippen molar-refractivity contribution in [2.45, 2.75) is 6.92 Å². The van der Waals surface area contributed by atoms with Crippen LogP contribution in [0.25, 0.3) is 0 Å². The van der Waals surface area contributed by atoms with Crippen LogP contribution in [0.5, 0.6) is 5.75 Å². The average Bonchev–Trinajstić information content (AvgIpc) is 2.41. The number of nitrogens with zero attached hydrogens (tertiary/aromatic N) is 2. The third-order valence-corrected chi connectivity index (χ3v) is 2.91. The van der Waals surface area contributed by atoms with Crippen LogP contribution in [-0.2, 0) is 0 Å². The van der Waals surface area contributed by atoms with Crippen molar-refractivity contribution in [1.29, 1.82) is 5.26 Å². The van der Waals surface area contributed by atoms with Crippen molar-refractivity contribution < 1.29 is 4.74 Å². The zero-order chi connectivity index (χ0) is 13.8. The van der Waals surface area contributed by atoms with Crippen molar-refractivity contribution in [3.8, 4) is 11.8 Å². The summed E-state index contributed by atoms with van der Waals surface area (Å²) >= 11 is 6.11. The van der Waals surface area contributed by atoms with Crippen molar-refractivity contribution in [3.05, 3.63) is 46.6 Å². The summed E-state index contributed by atoms with van der Waals surface area (Å²) in [5.74, 6) is 1.16. The van der Waals surface area contributed by atoms with Gasteiger partial charge in [-0.05, 0) is 31.2 Å². The predicted molar refractivity (Wildman–Crippen MR) is 75.0 cm³/mol. The average molecular weight is 274 g/mol. The highest BCUT2D eigenvalue weighted by Gasteiger charge is 2.08. The third kappa shape index (κ3) is 2.95. The lowest BCUT2D eigenvalue weighted by molar-refractivity contribution is 0.415. The predicted octanol–water partition coefficient (Wildman–Crippen LogP) is 3.67. The lowest BCUT2D eigenvalue weighted by Crippen LogP contribution is -1.99. The topological polar surface area (TPSA) is 57.9 Å². The second kappa shape index (κ2) is 5.59. The van der Waals surface area contributed by atoms with Crippen molar-refractivity contribution in [3.63, 3.8) is 0 Å². The van der Waals surface area contributed by atoms with Crippen LogP contribution in [-0.4, -0.2) is 12.1 Å². The van der Waals surface area contributed by atoms with Gasteiger partial charge in [0, 0.05) is 11.8 Å². The summed E-state index contributed by atoms with van der Waals surface area (Å²) in [5, 5.41) is 12.7. The SMILES string of the molecule is COc1ccc(Cl)c(Nc2nc(C)ccc2C#N)c1. The van der Waals surface area contributed by atoms with E-state index in [-0.39, 0.29) is 0 Å². The van der Waals surface area contributed by atoms with Gasteiger partial charge in [-0.1, -0.05) is 11.6 Å². The van der Waals surface area contributed by atoms with Crippen LogP contribution in [0.2, 0.25) is 5.02 Å². The number of nitriles is 1. The molecule has 1 heterocycles. The van der Waals surface area contributed by atoms with Gasteiger partial charge in [-0.3, -0.25) is 0 Å². The highest BCUT2D eigenvalue weighted by Crippen LogP contribution is 2.29. The Bertz CT molecular complexity index is 650. The maximum absolute atomic E-state index is 9.07. The number of hydrogen-bond acceptors (Lipinski definition) is 4. The molecule has 0 saturated carbocycles. The molecule has 0 aliphatic carbocycles. The number of aromatic nitrogens is 1. The molecule has 0 spiro atoms. The van der Waals surface area contributed by atoms with Crippen LogP contribution in [0.15, 0.2) is 30.3 Å². The van der Waals surface area contributed by atoms with Crippen LogP contribution in [0.4, 0.5) is 11.5 Å². The minimum absolute atomic E-state index is 0.462. The molecule has 0 bridgehead atoms. The van der Waals surface area contributed by atoms with Gasteiger partial charge in [0.05, 0.1) is 23.4 Å². The second-order valence-corrected chi connectivity index (χ2v) is 4.34. The molecular weight excluding hydrogens is 262 g/mol. The van der Waals surface area contributed by atoms with E-state index in [0.29, 0.717) is 27.8 Å². The molecule has 96 valence electrons. The number of nitrogens with one attached hydrogen (secondary N) is 1. The first-order valence-electron chi connectivity index (χ1n) is 5.62. The van der Waals surface area contributed by atoms with E-state index in [1.807, 2.05) is 6.92 Å². The normalized spacial score (nSPS) is 9.79. The lowest BCUT2D eigenvalue weighted by atomic mass is 10.2. The summed E-state index contributed by atoms with van der Waals surface area (Å²) in [4.78, 5) is 4.30. The quantitative estimate of drug-likeness (QED) is 0.927. The molecule has 1 aromatic carbocycles. The number of hydrogen-bond donors (Lipinski definition) is 1. The number of anilines is 2. The molecule has 2 aromatic rings. The Morgan fingerprint density at radius 3 is 2.79 bits per heavy atom. The molecule has 0 amide bonds. The summed E-state index contributed by atoms with van der Waals surface area (Å²) in [6.45, 7) is 1.86. The number of pyridine rings is 1. The van der Waals surface area contributed by atoms with E-state index in [9.17, 15) is 0 Å². The van der Waals surface area contributed by atoms with E-state index >= 15 is 0 Å². The van der Waals surface area contributed by atoms with Gasteiger partial charge in [0.15, 0.2) is 0 Å². The Labute approximate surface area is 116 Å². The van der Waals surface area contributed by atoms with Crippen LogP contribution >= 0.6 is 11.6 Å². The minimum Gasteiger partial charge on any atom is -0.497 e. The zero-order valence-electron chi connectivity index (χ0n) is 10.6. The number of rotatable bonds is 3. The van der Waals surface area contributed by atoms with Crippen molar-refractivity contribution in [2.75, 3.05) is 12.4 Å². The first kappa shape index (κ1) is 13.2. The molecule has 0 radical (unpaired) electrons. The molecule has 0 aliphatic rings. The van der Waals surface area contributed by atoms with Crippen LogP contribution in [0, 0.1) is 18.3 Å². The largest absolute Gasteiger partial charge is 0.497 e. The number of ether oxygens (including phenoxy) is 1. The Balaban J connectivity index is 2.41. The monoisotopic (exact) mass is 273 g/mol. The molecule has 0 aliphatic heterocycles. The number of benzene rings is 1. The smallest absolute Gasteiger partial charge is 0.148 e. The van der Waals surface area contributed by atoms with Gasteiger partial charge in [-0.15, -0.1) is 0 Å². The molecule has 1 aromatic heterocycles. The van der Waals surface area contributed by atoms with Gasteiger partial charge >= 0.3 is 0 Å². The Kier molecular flexibility index (Phi) is 3.88. The number of halogens is 1. The van der Waals surface area contributed by atoms with Gasteiger partial charge in [-0.25, -0.2) is 4.98 Å². The highest BCUT2D eigenvalue weighted by atomic mass is 35.5. The van der Waals surface area contributed by atoms with E-state index in [2.05, 4.69) is 16.4 Å². The summed E-state index contributed by atoms with van der Waals surface area (Å²) in [7, 11) is 1.58. The van der Waals surface area contributed by atoms with Gasteiger partial charge in [0.25, 0.3) is 0 Å². The fraction of sp³-hybridized carbons (Fsp3) is 0.143. The lowest BCUT2D eigenvalue weighted by Gasteiger charge is -2.11. The fourth-order valence-electron chi connectivity index (χ4n) is 1.60. The van der Waals surface area contributed by atoms with Gasteiger partial charge in [0.1, 0.15) is 17.6 Å². The standard InChI is InChI=1S/C14H12ClN3O/c1-9-3-4-10(8-16)14(17-9)18-13-7-11(19-2)5-6-12(13)15/h3-7H,1-2H3,(H,17,18). The maximum Gasteiger partial charge on any atom is 0.148 e. The number of methoxy groups -OCH3 is 1. The van der Waals surface area contributed by atoms with Crippen molar-refractivity contribution in [2.24, 2.45) is 0 Å². The van der Waals surface area contributed by atoms with Crippen molar-refractivity contribution in [1.82, 2.24) is 4.98 Å². The second-order valence-electron chi connectivity index (χ2n) is 3.93. The fourth-order valence-corrected chi connectivity index (χ4v) is 1.76. The van der Waals surface area contributed by atoms with Gasteiger partial charge in [0.2, 0.25) is 0 Å². The molecule has 0 atom stereocenters. The Morgan fingerprint density at radius 2 is 2.11 bits per heavy atom. The van der Waals surface area contributed by atoms with Crippen LogP contribution in [0.3, 0.4) is 0 Å². The molecule has 0 saturated heterocycles. The van der Waals surface area contributed by atoms with E-state index in [1.165, 1.54) is 0 Å². The molecule has 0 unspecified atom stereocenters. The Morgan fingerprint density at radius 1 is 1.32 bits per heavy atom. The highest BCUT2D eigenvalue weighted by molar-refractivity contribution is 6.33. The first-order valence-corrected chi connectivity index (χ1v) is 6.00. The van der Waals surface area contributed by atoms with E-state index in [4.69, 9.17) is 21.6 Å². The zero-order valence-corrected chi connectivity index (χ0v) is 11.3. The molecule has 5 heteroatoms. The van der Waals surface area contributed by atoms with E-state index < -0.39 is 0 Å². The molecule has 1 N–H and O–H groups in total. The molecule has 0 fully saturated rings. The van der Waals surface area contributed by atoms with Gasteiger partial charge < -0.3 is 10.1 Å². The van der Waals surface area contributed by atoms with E-state index in [1.54, 1.807) is 37.4 Å².